The fraction of sp³-hybridized carbons (Fsp3) is 0.167. The first-order valence-electron chi connectivity index (χ1n) is 4.98. The molecule has 0 radical (unpaired) electrons. The lowest BCUT2D eigenvalue weighted by molar-refractivity contribution is 0.563. The van der Waals surface area contributed by atoms with Crippen LogP contribution >= 0.6 is 11.3 Å². The lowest BCUT2D eigenvalue weighted by Crippen LogP contribution is -2.29. The van der Waals surface area contributed by atoms with Gasteiger partial charge in [-0.1, -0.05) is 23.8 Å². The van der Waals surface area contributed by atoms with Crippen LogP contribution in [-0.2, 0) is 0 Å². The van der Waals surface area contributed by atoms with Crippen LogP contribution in [0.25, 0.3) is 0 Å². The third kappa shape index (κ3) is 2.14. The summed E-state index contributed by atoms with van der Waals surface area (Å²) in [5.74, 6) is 5.27. The maximum Gasteiger partial charge on any atom is 0.128 e. The maximum absolute atomic E-state index is 13.7. The Kier molecular flexibility index (Phi) is 3.33. The van der Waals surface area contributed by atoms with Gasteiger partial charge >= 0.3 is 0 Å². The van der Waals surface area contributed by atoms with Crippen LogP contribution in [0, 0.1) is 12.7 Å². The van der Waals surface area contributed by atoms with Gasteiger partial charge in [-0.2, -0.15) is 0 Å². The van der Waals surface area contributed by atoms with Crippen LogP contribution in [0.4, 0.5) is 4.39 Å². The van der Waals surface area contributed by atoms with E-state index in [9.17, 15) is 4.39 Å². The van der Waals surface area contributed by atoms with Gasteiger partial charge in [-0.3, -0.25) is 5.84 Å². The van der Waals surface area contributed by atoms with E-state index in [2.05, 4.69) is 5.43 Å². The zero-order chi connectivity index (χ0) is 11.5. The van der Waals surface area contributed by atoms with Crippen LogP contribution in [0.15, 0.2) is 35.7 Å². The van der Waals surface area contributed by atoms with E-state index in [0.29, 0.717) is 5.56 Å². The molecule has 84 valence electrons. The summed E-state index contributed by atoms with van der Waals surface area (Å²) < 4.78 is 13.7. The average molecular weight is 236 g/mol. The van der Waals surface area contributed by atoms with Crippen molar-refractivity contribution in [2.75, 3.05) is 0 Å². The Hall–Kier alpha value is -1.23. The second-order valence-corrected chi connectivity index (χ2v) is 4.62. The Balaban J connectivity index is 2.44. The molecule has 0 aliphatic heterocycles. The van der Waals surface area contributed by atoms with Gasteiger partial charge in [0.2, 0.25) is 0 Å². The molecule has 0 spiro atoms. The minimum Gasteiger partial charge on any atom is -0.271 e. The summed E-state index contributed by atoms with van der Waals surface area (Å²) in [4.78, 5) is 1.01. The minimum atomic E-state index is -0.278. The van der Waals surface area contributed by atoms with E-state index in [1.165, 1.54) is 6.07 Å². The Morgan fingerprint density at radius 2 is 2.19 bits per heavy atom. The number of thiophene rings is 1. The number of halogens is 1. The van der Waals surface area contributed by atoms with Crippen LogP contribution in [0.2, 0.25) is 0 Å². The highest BCUT2D eigenvalue weighted by Gasteiger charge is 2.17. The molecule has 2 nitrogen and oxygen atoms in total. The molecule has 4 heteroatoms. The van der Waals surface area contributed by atoms with Crippen molar-refractivity contribution in [3.63, 3.8) is 0 Å². The molecule has 16 heavy (non-hydrogen) atoms. The van der Waals surface area contributed by atoms with Gasteiger partial charge in [0, 0.05) is 10.4 Å². The van der Waals surface area contributed by atoms with Gasteiger partial charge in [-0.15, -0.1) is 11.3 Å². The van der Waals surface area contributed by atoms with E-state index in [1.54, 1.807) is 17.4 Å². The van der Waals surface area contributed by atoms with Crippen LogP contribution in [-0.4, -0.2) is 0 Å². The molecule has 0 saturated carbocycles. The van der Waals surface area contributed by atoms with E-state index in [4.69, 9.17) is 5.84 Å². The molecule has 1 aromatic carbocycles. The number of rotatable bonds is 3. The molecule has 2 aromatic rings. The second kappa shape index (κ2) is 4.74. The summed E-state index contributed by atoms with van der Waals surface area (Å²) in [5, 5.41) is 1.95. The van der Waals surface area contributed by atoms with Crippen LogP contribution in [0.3, 0.4) is 0 Å². The molecule has 0 aliphatic carbocycles. The molecule has 2 rings (SSSR count). The first-order chi connectivity index (χ1) is 7.72. The van der Waals surface area contributed by atoms with Crippen molar-refractivity contribution in [3.05, 3.63) is 57.5 Å². The van der Waals surface area contributed by atoms with Gasteiger partial charge in [0.05, 0.1) is 6.04 Å². The lowest BCUT2D eigenvalue weighted by Gasteiger charge is -2.16. The number of nitrogens with one attached hydrogen (secondary N) is 1. The van der Waals surface area contributed by atoms with E-state index >= 15 is 0 Å². The second-order valence-electron chi connectivity index (χ2n) is 3.64. The van der Waals surface area contributed by atoms with Crippen molar-refractivity contribution in [3.8, 4) is 0 Å². The van der Waals surface area contributed by atoms with Crippen LogP contribution < -0.4 is 11.3 Å². The van der Waals surface area contributed by atoms with Gasteiger partial charge in [-0.25, -0.2) is 9.82 Å². The highest BCUT2D eigenvalue weighted by atomic mass is 32.1. The van der Waals surface area contributed by atoms with Gasteiger partial charge in [0.25, 0.3) is 0 Å². The number of hydrogen-bond donors (Lipinski definition) is 2. The molecule has 1 heterocycles. The van der Waals surface area contributed by atoms with Crippen molar-refractivity contribution >= 4 is 11.3 Å². The first kappa shape index (κ1) is 11.3. The van der Waals surface area contributed by atoms with Crippen molar-refractivity contribution in [1.82, 2.24) is 5.43 Å². The smallest absolute Gasteiger partial charge is 0.128 e. The number of nitrogens with two attached hydrogens (primary N) is 1. The maximum atomic E-state index is 13.7. The van der Waals surface area contributed by atoms with Crippen molar-refractivity contribution in [1.29, 1.82) is 0 Å². The number of aryl methyl sites for hydroxylation is 1. The van der Waals surface area contributed by atoms with Crippen LogP contribution in [0.5, 0.6) is 0 Å². The summed E-state index contributed by atoms with van der Waals surface area (Å²) in [6.45, 7) is 1.94. The fourth-order valence-electron chi connectivity index (χ4n) is 1.67. The van der Waals surface area contributed by atoms with E-state index in [0.717, 1.165) is 10.4 Å². The number of benzene rings is 1. The summed E-state index contributed by atoms with van der Waals surface area (Å²) in [7, 11) is 0. The van der Waals surface area contributed by atoms with Crippen molar-refractivity contribution < 1.29 is 4.39 Å². The van der Waals surface area contributed by atoms with Crippen LogP contribution in [0.1, 0.15) is 22.0 Å². The van der Waals surface area contributed by atoms with Gasteiger partial charge < -0.3 is 0 Å². The average Bonchev–Trinajstić information content (AvgIpc) is 2.78. The zero-order valence-corrected chi connectivity index (χ0v) is 9.72. The molecular weight excluding hydrogens is 223 g/mol. The van der Waals surface area contributed by atoms with Crippen molar-refractivity contribution in [2.45, 2.75) is 13.0 Å². The summed E-state index contributed by atoms with van der Waals surface area (Å²) in [6.07, 6.45) is 0. The van der Waals surface area contributed by atoms with Gasteiger partial charge in [-0.05, 0) is 24.4 Å². The molecule has 1 atom stereocenters. The molecule has 1 unspecified atom stereocenters. The Morgan fingerprint density at radius 1 is 1.38 bits per heavy atom. The Morgan fingerprint density at radius 3 is 2.81 bits per heavy atom. The molecular formula is C12H13FN2S. The third-order valence-electron chi connectivity index (χ3n) is 2.46. The largest absolute Gasteiger partial charge is 0.271 e. The van der Waals surface area contributed by atoms with E-state index in [-0.39, 0.29) is 11.9 Å². The topological polar surface area (TPSA) is 38.0 Å². The standard InChI is InChI=1S/C12H13FN2S/c1-8-4-5-10(13)9(7-8)12(15-14)11-3-2-6-16-11/h2-7,12,15H,14H2,1H3. The monoisotopic (exact) mass is 236 g/mol. The predicted molar refractivity (Wildman–Crippen MR) is 64.6 cm³/mol. The normalized spacial score (nSPS) is 12.7. The quantitative estimate of drug-likeness (QED) is 0.635. The van der Waals surface area contributed by atoms with Gasteiger partial charge in [0.15, 0.2) is 0 Å². The minimum absolute atomic E-state index is 0.234. The summed E-state index contributed by atoms with van der Waals surface area (Å²) >= 11 is 1.56. The third-order valence-corrected chi connectivity index (χ3v) is 3.39. The predicted octanol–water partition coefficient (Wildman–Crippen LogP) is 2.75. The SMILES string of the molecule is Cc1ccc(F)c(C(NN)c2cccs2)c1. The van der Waals surface area contributed by atoms with E-state index in [1.807, 2.05) is 30.5 Å². The number of hydrogen-bond acceptors (Lipinski definition) is 3. The highest BCUT2D eigenvalue weighted by Crippen LogP contribution is 2.27. The zero-order valence-electron chi connectivity index (χ0n) is 8.91. The molecule has 0 bridgehead atoms. The number of hydrazine groups is 1. The highest BCUT2D eigenvalue weighted by molar-refractivity contribution is 7.10. The summed E-state index contributed by atoms with van der Waals surface area (Å²) in [6, 6.07) is 8.64. The molecule has 0 amide bonds. The lowest BCUT2D eigenvalue weighted by atomic mass is 10.0. The molecule has 0 fully saturated rings. The van der Waals surface area contributed by atoms with E-state index < -0.39 is 0 Å². The fourth-order valence-corrected chi connectivity index (χ4v) is 2.47. The van der Waals surface area contributed by atoms with Gasteiger partial charge in [0.1, 0.15) is 5.82 Å². The molecule has 0 aliphatic rings. The Bertz CT molecular complexity index is 468. The summed E-state index contributed by atoms with van der Waals surface area (Å²) in [5.41, 5.74) is 4.27. The first-order valence-corrected chi connectivity index (χ1v) is 5.86. The van der Waals surface area contributed by atoms with Crippen molar-refractivity contribution in [2.24, 2.45) is 5.84 Å². The Labute approximate surface area is 97.9 Å². The molecule has 0 saturated heterocycles. The molecule has 1 aromatic heterocycles. The molecule has 3 N–H and O–H groups in total.